The van der Waals surface area contributed by atoms with E-state index in [9.17, 15) is 9.90 Å². The fraction of sp³-hybridized carbons (Fsp3) is 0. The van der Waals surface area contributed by atoms with Gasteiger partial charge in [0.15, 0.2) is 0 Å². The third kappa shape index (κ3) is 1.71. The zero-order valence-corrected chi connectivity index (χ0v) is 10.3. The summed E-state index contributed by atoms with van der Waals surface area (Å²) in [6.45, 7) is 0. The third-order valence-corrected chi connectivity index (χ3v) is 3.08. The van der Waals surface area contributed by atoms with Crippen LogP contribution >= 0.6 is 0 Å². The van der Waals surface area contributed by atoms with E-state index in [1.807, 2.05) is 0 Å². The number of carboxylic acids is 1. The summed E-state index contributed by atoms with van der Waals surface area (Å²) in [7, 11) is 0. The number of carbonyl (C=O) groups is 1. The number of fused-ring (bicyclic) bond motifs is 1. The first kappa shape index (κ1) is 11.9. The first-order chi connectivity index (χ1) is 9.72. The third-order valence-electron chi connectivity index (χ3n) is 3.08. The number of aromatic nitrogens is 2. The Labute approximate surface area is 114 Å². The molecule has 0 aliphatic heterocycles. The van der Waals surface area contributed by atoms with Crippen molar-refractivity contribution >= 4 is 17.0 Å². The Balaban J connectivity index is 2.38. The largest absolute Gasteiger partial charge is 0.478 e. The molecule has 0 aliphatic rings. The molecule has 96 valence electrons. The molecule has 2 aromatic carbocycles. The van der Waals surface area contributed by atoms with Crippen LogP contribution < -0.4 is 0 Å². The average Bonchev–Trinajstić information content (AvgIpc) is 2.90. The molecule has 0 radical (unpaired) electrons. The number of benzene rings is 2. The minimum atomic E-state index is -1.02. The van der Waals surface area contributed by atoms with Gasteiger partial charge >= 0.3 is 5.97 Å². The van der Waals surface area contributed by atoms with Crippen molar-refractivity contribution in [2.45, 2.75) is 0 Å². The van der Waals surface area contributed by atoms with Gasteiger partial charge in [0, 0.05) is 0 Å². The highest BCUT2D eigenvalue weighted by Crippen LogP contribution is 2.23. The molecular formula is C15H9N3O2. The molecule has 1 N–H and O–H groups in total. The lowest BCUT2D eigenvalue weighted by Gasteiger charge is -2.07. The summed E-state index contributed by atoms with van der Waals surface area (Å²) in [5.41, 5.74) is 2.31. The number of hydrogen-bond acceptors (Lipinski definition) is 3. The molecule has 0 fully saturated rings. The van der Waals surface area contributed by atoms with E-state index in [0.717, 1.165) is 0 Å². The predicted molar refractivity (Wildman–Crippen MR) is 72.7 cm³/mol. The fourth-order valence-electron chi connectivity index (χ4n) is 2.20. The average molecular weight is 263 g/mol. The topological polar surface area (TPSA) is 78.9 Å². The van der Waals surface area contributed by atoms with Gasteiger partial charge in [-0.15, -0.1) is 0 Å². The van der Waals surface area contributed by atoms with Crippen LogP contribution in [0.1, 0.15) is 15.9 Å². The highest BCUT2D eigenvalue weighted by Gasteiger charge is 2.15. The Morgan fingerprint density at radius 3 is 2.75 bits per heavy atom. The highest BCUT2D eigenvalue weighted by atomic mass is 16.4. The van der Waals surface area contributed by atoms with Crippen molar-refractivity contribution in [3.8, 4) is 11.8 Å². The summed E-state index contributed by atoms with van der Waals surface area (Å²) < 4.78 is 1.64. The van der Waals surface area contributed by atoms with Gasteiger partial charge in [-0.2, -0.15) is 5.26 Å². The maximum absolute atomic E-state index is 11.3. The van der Waals surface area contributed by atoms with Crippen LogP contribution in [-0.4, -0.2) is 20.6 Å². The second-order valence-corrected chi connectivity index (χ2v) is 4.22. The van der Waals surface area contributed by atoms with Gasteiger partial charge in [0.2, 0.25) is 0 Å². The van der Waals surface area contributed by atoms with Crippen molar-refractivity contribution in [3.05, 3.63) is 59.9 Å². The number of carboxylic acid groups (broad SMARTS) is 1. The van der Waals surface area contributed by atoms with Gasteiger partial charge in [-0.3, -0.25) is 4.57 Å². The lowest BCUT2D eigenvalue weighted by molar-refractivity contribution is 0.0698. The summed E-state index contributed by atoms with van der Waals surface area (Å²) in [6.07, 6.45) is 1.54. The summed E-state index contributed by atoms with van der Waals surface area (Å²) in [4.78, 5) is 15.5. The monoisotopic (exact) mass is 263 g/mol. The normalized spacial score (nSPS) is 10.3. The Bertz CT molecular complexity index is 859. The standard InChI is InChI=1S/C15H9N3O2/c16-8-10-4-1-2-7-13(10)18-9-17-12-6-3-5-11(14(12)18)15(19)20/h1-7,9H,(H,19,20). The second kappa shape index (κ2) is 4.52. The molecule has 3 aromatic rings. The van der Waals surface area contributed by atoms with Crippen LogP contribution in [0.2, 0.25) is 0 Å². The SMILES string of the molecule is N#Cc1ccccc1-n1cnc2cccc(C(=O)O)c21. The van der Waals surface area contributed by atoms with Gasteiger partial charge < -0.3 is 5.11 Å². The first-order valence-electron chi connectivity index (χ1n) is 5.91. The molecule has 0 saturated carbocycles. The number of aromatic carboxylic acids is 1. The van der Waals surface area contributed by atoms with Gasteiger partial charge in [0.25, 0.3) is 0 Å². The summed E-state index contributed by atoms with van der Waals surface area (Å²) in [5.74, 6) is -1.02. The summed E-state index contributed by atoms with van der Waals surface area (Å²) >= 11 is 0. The van der Waals surface area contributed by atoms with E-state index in [-0.39, 0.29) is 5.56 Å². The maximum Gasteiger partial charge on any atom is 0.337 e. The molecular weight excluding hydrogens is 254 g/mol. The second-order valence-electron chi connectivity index (χ2n) is 4.22. The number of imidazole rings is 1. The van der Waals surface area contributed by atoms with Gasteiger partial charge in [0.1, 0.15) is 12.4 Å². The summed E-state index contributed by atoms with van der Waals surface area (Å²) in [6, 6.07) is 14.0. The highest BCUT2D eigenvalue weighted by molar-refractivity contribution is 6.01. The smallest absolute Gasteiger partial charge is 0.337 e. The lowest BCUT2D eigenvalue weighted by atomic mass is 10.1. The van der Waals surface area contributed by atoms with Crippen LogP contribution in [0.3, 0.4) is 0 Å². The van der Waals surface area contributed by atoms with E-state index in [0.29, 0.717) is 22.3 Å². The first-order valence-corrected chi connectivity index (χ1v) is 5.91. The van der Waals surface area contributed by atoms with E-state index < -0.39 is 5.97 Å². The minimum absolute atomic E-state index is 0.160. The van der Waals surface area contributed by atoms with Crippen LogP contribution in [0, 0.1) is 11.3 Å². The zero-order chi connectivity index (χ0) is 14.1. The van der Waals surface area contributed by atoms with Crippen LogP contribution in [0.5, 0.6) is 0 Å². The van der Waals surface area contributed by atoms with Crippen molar-refractivity contribution in [2.75, 3.05) is 0 Å². The molecule has 0 amide bonds. The van der Waals surface area contributed by atoms with Crippen molar-refractivity contribution in [3.63, 3.8) is 0 Å². The molecule has 3 rings (SSSR count). The molecule has 0 unspecified atom stereocenters. The molecule has 0 spiro atoms. The molecule has 20 heavy (non-hydrogen) atoms. The van der Waals surface area contributed by atoms with Gasteiger partial charge in [-0.05, 0) is 24.3 Å². The van der Waals surface area contributed by atoms with Crippen molar-refractivity contribution < 1.29 is 9.90 Å². The Morgan fingerprint density at radius 2 is 2.00 bits per heavy atom. The number of nitriles is 1. The Kier molecular flexibility index (Phi) is 2.70. The Morgan fingerprint density at radius 1 is 1.20 bits per heavy atom. The van der Waals surface area contributed by atoms with Gasteiger partial charge in [-0.25, -0.2) is 9.78 Å². The van der Waals surface area contributed by atoms with Crippen molar-refractivity contribution in [1.82, 2.24) is 9.55 Å². The number of nitrogens with zero attached hydrogens (tertiary/aromatic N) is 3. The van der Waals surface area contributed by atoms with Crippen LogP contribution in [0.4, 0.5) is 0 Å². The quantitative estimate of drug-likeness (QED) is 0.770. The van der Waals surface area contributed by atoms with Crippen LogP contribution in [0.25, 0.3) is 16.7 Å². The van der Waals surface area contributed by atoms with Crippen LogP contribution in [0.15, 0.2) is 48.8 Å². The van der Waals surface area contributed by atoms with E-state index in [2.05, 4.69) is 11.1 Å². The van der Waals surface area contributed by atoms with E-state index >= 15 is 0 Å². The van der Waals surface area contributed by atoms with E-state index in [4.69, 9.17) is 5.26 Å². The zero-order valence-electron chi connectivity index (χ0n) is 10.3. The van der Waals surface area contributed by atoms with Gasteiger partial charge in [0.05, 0.1) is 27.8 Å². The number of hydrogen-bond donors (Lipinski definition) is 1. The summed E-state index contributed by atoms with van der Waals surface area (Å²) in [5, 5.41) is 18.5. The number of para-hydroxylation sites is 2. The fourth-order valence-corrected chi connectivity index (χ4v) is 2.20. The molecule has 1 aromatic heterocycles. The molecule has 0 bridgehead atoms. The number of rotatable bonds is 2. The Hall–Kier alpha value is -3.13. The van der Waals surface area contributed by atoms with Gasteiger partial charge in [-0.1, -0.05) is 18.2 Å². The van der Waals surface area contributed by atoms with Crippen molar-refractivity contribution in [2.24, 2.45) is 0 Å². The van der Waals surface area contributed by atoms with Crippen molar-refractivity contribution in [1.29, 1.82) is 5.26 Å². The molecule has 0 atom stereocenters. The predicted octanol–water partition coefficient (Wildman–Crippen LogP) is 2.60. The molecule has 0 aliphatic carbocycles. The maximum atomic E-state index is 11.3. The lowest BCUT2D eigenvalue weighted by Crippen LogP contribution is -2.02. The molecule has 5 heteroatoms. The molecule has 1 heterocycles. The minimum Gasteiger partial charge on any atom is -0.478 e. The van der Waals surface area contributed by atoms with E-state index in [1.54, 1.807) is 41.0 Å². The molecule has 0 saturated heterocycles. The van der Waals surface area contributed by atoms with E-state index in [1.165, 1.54) is 12.4 Å². The molecule has 5 nitrogen and oxygen atoms in total. The van der Waals surface area contributed by atoms with Crippen LogP contribution in [-0.2, 0) is 0 Å².